The quantitative estimate of drug-likeness (QED) is 0.761. The molecule has 27 heavy (non-hydrogen) atoms. The van der Waals surface area contributed by atoms with Gasteiger partial charge in [0.05, 0.1) is 19.3 Å². The first-order valence-electron chi connectivity index (χ1n) is 9.76. The van der Waals surface area contributed by atoms with Gasteiger partial charge in [0.2, 0.25) is 11.8 Å². The van der Waals surface area contributed by atoms with E-state index in [0.717, 1.165) is 11.3 Å². The molecule has 144 valence electrons. The molecule has 1 atom stereocenters. The fraction of sp³-hybridized carbons (Fsp3) is 0.524. The van der Waals surface area contributed by atoms with Crippen molar-refractivity contribution >= 4 is 17.5 Å². The standard InChI is InChI=1S/C21H25ClN2O3/c22-18-8-4-3-7-16(18)12-17-13-23-21(27-17)19-14-24(9-10-26-19)20(25)11-15-5-1-2-6-15/h3-4,7-8,13,15,19H,1-2,5-6,9-12,14H2/t19-/m0/s1. The molecular weight excluding hydrogens is 364 g/mol. The number of rotatable bonds is 5. The van der Waals surface area contributed by atoms with Crippen molar-refractivity contribution in [3.8, 4) is 0 Å². The Morgan fingerprint density at radius 3 is 2.89 bits per heavy atom. The summed E-state index contributed by atoms with van der Waals surface area (Å²) < 4.78 is 11.7. The fourth-order valence-electron chi connectivity index (χ4n) is 4.00. The topological polar surface area (TPSA) is 55.6 Å². The van der Waals surface area contributed by atoms with E-state index in [4.69, 9.17) is 20.8 Å². The number of hydrogen-bond donors (Lipinski definition) is 0. The molecule has 1 amide bonds. The third-order valence-electron chi connectivity index (χ3n) is 5.53. The number of nitrogens with zero attached hydrogens (tertiary/aromatic N) is 2. The summed E-state index contributed by atoms with van der Waals surface area (Å²) in [5.41, 5.74) is 1.000. The molecule has 0 bridgehead atoms. The number of aromatic nitrogens is 1. The van der Waals surface area contributed by atoms with Gasteiger partial charge in [-0.3, -0.25) is 4.79 Å². The van der Waals surface area contributed by atoms with Gasteiger partial charge in [0.25, 0.3) is 0 Å². The highest BCUT2D eigenvalue weighted by Crippen LogP contribution is 2.29. The van der Waals surface area contributed by atoms with Gasteiger partial charge in [0, 0.05) is 24.4 Å². The number of oxazole rings is 1. The number of carbonyl (C=O) groups is 1. The number of carbonyl (C=O) groups excluding carboxylic acids is 1. The van der Waals surface area contributed by atoms with E-state index in [1.54, 1.807) is 6.20 Å². The Labute approximate surface area is 164 Å². The number of halogens is 1. The molecule has 2 fully saturated rings. The third kappa shape index (κ3) is 4.53. The minimum Gasteiger partial charge on any atom is -0.442 e. The van der Waals surface area contributed by atoms with Gasteiger partial charge in [0.1, 0.15) is 5.76 Å². The lowest BCUT2D eigenvalue weighted by molar-refractivity contribution is -0.140. The molecule has 2 heterocycles. The summed E-state index contributed by atoms with van der Waals surface area (Å²) in [6.07, 6.45) is 7.56. The second kappa shape index (κ2) is 8.44. The average molecular weight is 389 g/mol. The SMILES string of the molecule is O=C(CC1CCCC1)N1CCO[C@H](c2ncc(Cc3ccccc3Cl)o2)C1. The van der Waals surface area contributed by atoms with Crippen LogP contribution in [0.4, 0.5) is 0 Å². The number of benzene rings is 1. The molecule has 6 heteroatoms. The van der Waals surface area contributed by atoms with Crippen molar-refractivity contribution in [2.75, 3.05) is 19.7 Å². The maximum Gasteiger partial charge on any atom is 0.225 e. The molecule has 1 aromatic carbocycles. The van der Waals surface area contributed by atoms with Crippen molar-refractivity contribution in [2.24, 2.45) is 5.92 Å². The Morgan fingerprint density at radius 2 is 2.07 bits per heavy atom. The van der Waals surface area contributed by atoms with Crippen molar-refractivity contribution < 1.29 is 13.9 Å². The molecule has 1 saturated carbocycles. The van der Waals surface area contributed by atoms with Gasteiger partial charge in [0.15, 0.2) is 6.10 Å². The van der Waals surface area contributed by atoms with Gasteiger partial charge < -0.3 is 14.1 Å². The maximum absolute atomic E-state index is 12.6. The van der Waals surface area contributed by atoms with E-state index in [0.29, 0.717) is 49.4 Å². The molecule has 0 unspecified atom stereocenters. The van der Waals surface area contributed by atoms with Crippen LogP contribution in [0, 0.1) is 5.92 Å². The van der Waals surface area contributed by atoms with Crippen LogP contribution in [0.15, 0.2) is 34.9 Å². The lowest BCUT2D eigenvalue weighted by Gasteiger charge is -2.32. The van der Waals surface area contributed by atoms with E-state index in [9.17, 15) is 4.79 Å². The Morgan fingerprint density at radius 1 is 1.26 bits per heavy atom. The van der Waals surface area contributed by atoms with Gasteiger partial charge in [-0.05, 0) is 30.4 Å². The van der Waals surface area contributed by atoms with E-state index in [1.165, 1.54) is 25.7 Å². The lowest BCUT2D eigenvalue weighted by Crippen LogP contribution is -2.42. The second-order valence-corrected chi connectivity index (χ2v) is 7.89. The van der Waals surface area contributed by atoms with Crippen LogP contribution in [-0.2, 0) is 16.0 Å². The number of hydrogen-bond acceptors (Lipinski definition) is 4. The highest BCUT2D eigenvalue weighted by molar-refractivity contribution is 6.31. The molecule has 2 aromatic rings. The maximum atomic E-state index is 12.6. The summed E-state index contributed by atoms with van der Waals surface area (Å²) in [6.45, 7) is 1.68. The smallest absolute Gasteiger partial charge is 0.225 e. The largest absolute Gasteiger partial charge is 0.442 e. The van der Waals surface area contributed by atoms with Crippen LogP contribution in [0.5, 0.6) is 0 Å². The monoisotopic (exact) mass is 388 g/mol. The van der Waals surface area contributed by atoms with E-state index >= 15 is 0 Å². The first kappa shape index (κ1) is 18.5. The highest BCUT2D eigenvalue weighted by atomic mass is 35.5. The summed E-state index contributed by atoms with van der Waals surface area (Å²) in [6, 6.07) is 7.71. The fourth-order valence-corrected chi connectivity index (χ4v) is 4.20. The zero-order chi connectivity index (χ0) is 18.6. The molecule has 4 rings (SSSR count). The highest BCUT2D eigenvalue weighted by Gasteiger charge is 2.30. The molecule has 0 spiro atoms. The van der Waals surface area contributed by atoms with Crippen LogP contribution < -0.4 is 0 Å². The summed E-state index contributed by atoms with van der Waals surface area (Å²) in [4.78, 5) is 18.9. The molecule has 2 aliphatic rings. The summed E-state index contributed by atoms with van der Waals surface area (Å²) >= 11 is 6.22. The van der Waals surface area contributed by atoms with E-state index < -0.39 is 0 Å². The Kier molecular flexibility index (Phi) is 5.79. The minimum absolute atomic E-state index is 0.234. The predicted molar refractivity (Wildman–Crippen MR) is 103 cm³/mol. The normalized spacial score (nSPS) is 20.9. The zero-order valence-corrected chi connectivity index (χ0v) is 16.2. The van der Waals surface area contributed by atoms with Crippen molar-refractivity contribution in [3.63, 3.8) is 0 Å². The predicted octanol–water partition coefficient (Wildman–Crippen LogP) is 4.40. The van der Waals surface area contributed by atoms with Gasteiger partial charge in [-0.15, -0.1) is 0 Å². The Hall–Kier alpha value is -1.85. The van der Waals surface area contributed by atoms with Crippen LogP contribution in [0.1, 0.15) is 55.4 Å². The minimum atomic E-state index is -0.300. The van der Waals surface area contributed by atoms with Gasteiger partial charge in [-0.2, -0.15) is 0 Å². The summed E-state index contributed by atoms with van der Waals surface area (Å²) in [5, 5.41) is 0.716. The summed E-state index contributed by atoms with van der Waals surface area (Å²) in [5.74, 6) is 2.08. The zero-order valence-electron chi connectivity index (χ0n) is 15.4. The molecule has 1 saturated heterocycles. The first-order chi connectivity index (χ1) is 13.2. The van der Waals surface area contributed by atoms with Crippen molar-refractivity contribution in [3.05, 3.63) is 52.7 Å². The number of ether oxygens (including phenoxy) is 1. The van der Waals surface area contributed by atoms with E-state index in [2.05, 4.69) is 4.98 Å². The lowest BCUT2D eigenvalue weighted by atomic mass is 10.0. The Balaban J connectivity index is 1.37. The average Bonchev–Trinajstić information content (AvgIpc) is 3.36. The number of amides is 1. The van der Waals surface area contributed by atoms with E-state index in [1.807, 2.05) is 29.2 Å². The van der Waals surface area contributed by atoms with Crippen LogP contribution >= 0.6 is 11.6 Å². The summed E-state index contributed by atoms with van der Waals surface area (Å²) in [7, 11) is 0. The molecule has 1 aromatic heterocycles. The molecular formula is C21H25ClN2O3. The van der Waals surface area contributed by atoms with Gasteiger partial charge in [-0.1, -0.05) is 42.6 Å². The second-order valence-electron chi connectivity index (χ2n) is 7.49. The van der Waals surface area contributed by atoms with E-state index in [-0.39, 0.29) is 12.0 Å². The molecule has 5 nitrogen and oxygen atoms in total. The van der Waals surface area contributed by atoms with Crippen molar-refractivity contribution in [2.45, 2.75) is 44.6 Å². The third-order valence-corrected chi connectivity index (χ3v) is 5.90. The molecule has 0 N–H and O–H groups in total. The Bertz CT molecular complexity index is 785. The molecule has 1 aliphatic carbocycles. The first-order valence-corrected chi connectivity index (χ1v) is 10.1. The van der Waals surface area contributed by atoms with Crippen LogP contribution in [-0.4, -0.2) is 35.5 Å². The van der Waals surface area contributed by atoms with Gasteiger partial charge in [-0.25, -0.2) is 4.98 Å². The van der Waals surface area contributed by atoms with Crippen molar-refractivity contribution in [1.82, 2.24) is 9.88 Å². The molecule has 0 radical (unpaired) electrons. The number of morpholine rings is 1. The molecule has 1 aliphatic heterocycles. The van der Waals surface area contributed by atoms with Crippen LogP contribution in [0.3, 0.4) is 0 Å². The van der Waals surface area contributed by atoms with Crippen LogP contribution in [0.25, 0.3) is 0 Å². The van der Waals surface area contributed by atoms with Crippen molar-refractivity contribution in [1.29, 1.82) is 0 Å². The van der Waals surface area contributed by atoms with Crippen LogP contribution in [0.2, 0.25) is 5.02 Å². The van der Waals surface area contributed by atoms with Gasteiger partial charge >= 0.3 is 0 Å².